The van der Waals surface area contributed by atoms with Gasteiger partial charge in [0.15, 0.2) is 0 Å². The average molecular weight is 379 g/mol. The van der Waals surface area contributed by atoms with Gasteiger partial charge >= 0.3 is 0 Å². The fourth-order valence-corrected chi connectivity index (χ4v) is 4.33. The first-order valence-electron chi connectivity index (χ1n) is 9.73. The molecule has 0 amide bonds. The predicted molar refractivity (Wildman–Crippen MR) is 110 cm³/mol. The van der Waals surface area contributed by atoms with Crippen LogP contribution >= 0.6 is 0 Å². The predicted octanol–water partition coefficient (Wildman–Crippen LogP) is 4.68. The van der Waals surface area contributed by atoms with E-state index in [1.165, 1.54) is 16.8 Å². The Kier molecular flexibility index (Phi) is 5.05. The molecule has 28 heavy (non-hydrogen) atoms. The molecule has 1 aliphatic rings. The highest BCUT2D eigenvalue weighted by Crippen LogP contribution is 2.36. The number of rotatable bonds is 6. The molecule has 2 atom stereocenters. The van der Waals surface area contributed by atoms with Gasteiger partial charge in [-0.3, -0.25) is 10.1 Å². The molecular formula is C22H25N3O3. The number of para-hydroxylation sites is 1. The number of H-pyrrole nitrogens is 1. The number of non-ortho nitro benzene ring substituents is 1. The molecule has 6 nitrogen and oxygen atoms in total. The number of fused-ring (bicyclic) bond motifs is 3. The molecule has 0 unspecified atom stereocenters. The Labute approximate surface area is 164 Å². The lowest BCUT2D eigenvalue weighted by molar-refractivity contribution is -0.384. The Morgan fingerprint density at radius 2 is 2.14 bits per heavy atom. The van der Waals surface area contributed by atoms with Gasteiger partial charge in [0.2, 0.25) is 0 Å². The molecule has 0 bridgehead atoms. The van der Waals surface area contributed by atoms with Gasteiger partial charge in [-0.1, -0.05) is 18.2 Å². The van der Waals surface area contributed by atoms with E-state index in [-0.39, 0.29) is 22.7 Å². The van der Waals surface area contributed by atoms with Crippen molar-refractivity contribution in [3.8, 4) is 5.75 Å². The quantitative estimate of drug-likeness (QED) is 0.481. The third-order valence-electron chi connectivity index (χ3n) is 5.61. The van der Waals surface area contributed by atoms with Crippen LogP contribution in [-0.2, 0) is 12.8 Å². The Morgan fingerprint density at radius 3 is 2.93 bits per heavy atom. The molecule has 4 rings (SSSR count). The number of nitrogens with zero attached hydrogens (tertiary/aromatic N) is 1. The van der Waals surface area contributed by atoms with E-state index in [4.69, 9.17) is 4.74 Å². The summed E-state index contributed by atoms with van der Waals surface area (Å²) < 4.78 is 5.47. The second-order valence-corrected chi connectivity index (χ2v) is 7.53. The number of aromatic amines is 1. The van der Waals surface area contributed by atoms with E-state index in [1.54, 1.807) is 19.2 Å². The fraction of sp³-hybridized carbons (Fsp3) is 0.364. The smallest absolute Gasteiger partial charge is 0.270 e. The molecule has 2 aromatic carbocycles. The third-order valence-corrected chi connectivity index (χ3v) is 5.61. The minimum atomic E-state index is -0.327. The number of hydrogen-bond donors (Lipinski definition) is 2. The Balaban J connectivity index is 1.57. The third kappa shape index (κ3) is 3.47. The summed E-state index contributed by atoms with van der Waals surface area (Å²) in [4.78, 5) is 14.3. The number of nitro benzene ring substituents is 1. The van der Waals surface area contributed by atoms with E-state index < -0.39 is 0 Å². The summed E-state index contributed by atoms with van der Waals surface area (Å²) >= 11 is 0. The standard InChI is InChI=1S/C22H25N3O3/c1-14(12-15-6-3-4-9-21(15)28-2)23-20-8-5-7-17-18-13-16(25(26)27)10-11-19(18)24-22(17)20/h3-4,6,9-11,13-14,20,23-24H,5,7-8,12H2,1-2H3/t14-,20+/m0/s1. The molecule has 0 aliphatic heterocycles. The number of ether oxygens (including phenoxy) is 1. The van der Waals surface area contributed by atoms with Gasteiger partial charge in [0.25, 0.3) is 5.69 Å². The summed E-state index contributed by atoms with van der Waals surface area (Å²) in [6.07, 6.45) is 3.96. The van der Waals surface area contributed by atoms with Crippen LogP contribution in [0.15, 0.2) is 42.5 Å². The maximum Gasteiger partial charge on any atom is 0.270 e. The number of aromatic nitrogens is 1. The van der Waals surface area contributed by atoms with Crippen molar-refractivity contribution >= 4 is 16.6 Å². The van der Waals surface area contributed by atoms with E-state index in [2.05, 4.69) is 23.3 Å². The van der Waals surface area contributed by atoms with Crippen molar-refractivity contribution in [2.45, 2.75) is 44.7 Å². The molecular weight excluding hydrogens is 354 g/mol. The van der Waals surface area contributed by atoms with Crippen LogP contribution in [0.4, 0.5) is 5.69 Å². The average Bonchev–Trinajstić information content (AvgIpc) is 3.07. The van der Waals surface area contributed by atoms with Crippen molar-refractivity contribution in [2.75, 3.05) is 7.11 Å². The number of nitro groups is 1. The van der Waals surface area contributed by atoms with Gasteiger partial charge < -0.3 is 15.0 Å². The number of aryl methyl sites for hydroxylation is 1. The molecule has 0 radical (unpaired) electrons. The van der Waals surface area contributed by atoms with E-state index in [0.717, 1.165) is 42.3 Å². The summed E-state index contributed by atoms with van der Waals surface area (Å²) in [6, 6.07) is 13.7. The number of methoxy groups -OCH3 is 1. The fourth-order valence-electron chi connectivity index (χ4n) is 4.33. The first kappa shape index (κ1) is 18.5. The first-order chi connectivity index (χ1) is 13.6. The summed E-state index contributed by atoms with van der Waals surface area (Å²) in [5, 5.41) is 15.9. The molecule has 0 spiro atoms. The minimum absolute atomic E-state index is 0.147. The van der Waals surface area contributed by atoms with Crippen molar-refractivity contribution in [1.82, 2.24) is 10.3 Å². The highest BCUT2D eigenvalue weighted by atomic mass is 16.6. The second kappa shape index (κ2) is 7.64. The van der Waals surface area contributed by atoms with Gasteiger partial charge in [-0.25, -0.2) is 0 Å². The van der Waals surface area contributed by atoms with Crippen LogP contribution in [0.25, 0.3) is 10.9 Å². The van der Waals surface area contributed by atoms with Crippen LogP contribution in [0.5, 0.6) is 5.75 Å². The summed E-state index contributed by atoms with van der Waals surface area (Å²) in [6.45, 7) is 2.19. The maximum absolute atomic E-state index is 11.1. The number of nitrogens with one attached hydrogen (secondary N) is 2. The Morgan fingerprint density at radius 1 is 1.32 bits per heavy atom. The lowest BCUT2D eigenvalue weighted by Gasteiger charge is -2.27. The molecule has 1 aromatic heterocycles. The van der Waals surface area contributed by atoms with Gasteiger partial charge in [0, 0.05) is 40.8 Å². The largest absolute Gasteiger partial charge is 0.496 e. The van der Waals surface area contributed by atoms with Crippen LogP contribution in [-0.4, -0.2) is 23.1 Å². The first-order valence-corrected chi connectivity index (χ1v) is 9.73. The summed E-state index contributed by atoms with van der Waals surface area (Å²) in [7, 11) is 1.70. The highest BCUT2D eigenvalue weighted by molar-refractivity contribution is 5.87. The van der Waals surface area contributed by atoms with Gasteiger partial charge in [-0.2, -0.15) is 0 Å². The van der Waals surface area contributed by atoms with Crippen LogP contribution in [0, 0.1) is 10.1 Å². The van der Waals surface area contributed by atoms with E-state index in [0.29, 0.717) is 0 Å². The second-order valence-electron chi connectivity index (χ2n) is 7.53. The van der Waals surface area contributed by atoms with Crippen LogP contribution in [0.2, 0.25) is 0 Å². The minimum Gasteiger partial charge on any atom is -0.496 e. The van der Waals surface area contributed by atoms with E-state index in [9.17, 15) is 10.1 Å². The molecule has 0 fully saturated rings. The molecule has 0 saturated heterocycles. The number of hydrogen-bond acceptors (Lipinski definition) is 4. The molecule has 2 N–H and O–H groups in total. The Hall–Kier alpha value is -2.86. The molecule has 0 saturated carbocycles. The highest BCUT2D eigenvalue weighted by Gasteiger charge is 2.26. The van der Waals surface area contributed by atoms with Crippen molar-refractivity contribution in [2.24, 2.45) is 0 Å². The van der Waals surface area contributed by atoms with Crippen molar-refractivity contribution in [3.05, 3.63) is 69.4 Å². The van der Waals surface area contributed by atoms with Gasteiger partial charge in [-0.05, 0) is 55.9 Å². The number of benzene rings is 2. The van der Waals surface area contributed by atoms with E-state index >= 15 is 0 Å². The normalized spacial score (nSPS) is 17.3. The van der Waals surface area contributed by atoms with Gasteiger partial charge in [0.05, 0.1) is 12.0 Å². The molecule has 3 aromatic rings. The van der Waals surface area contributed by atoms with Crippen LogP contribution < -0.4 is 10.1 Å². The van der Waals surface area contributed by atoms with E-state index in [1.807, 2.05) is 24.3 Å². The summed E-state index contributed by atoms with van der Waals surface area (Å²) in [5.74, 6) is 0.915. The van der Waals surface area contributed by atoms with Crippen molar-refractivity contribution < 1.29 is 9.66 Å². The van der Waals surface area contributed by atoms with Gasteiger partial charge in [0.1, 0.15) is 5.75 Å². The van der Waals surface area contributed by atoms with Crippen LogP contribution in [0.1, 0.15) is 42.6 Å². The van der Waals surface area contributed by atoms with Crippen molar-refractivity contribution in [3.63, 3.8) is 0 Å². The molecule has 6 heteroatoms. The van der Waals surface area contributed by atoms with Gasteiger partial charge in [-0.15, -0.1) is 0 Å². The zero-order valence-corrected chi connectivity index (χ0v) is 16.2. The maximum atomic E-state index is 11.1. The SMILES string of the molecule is COc1ccccc1C[C@H](C)N[C@@H]1CCCc2c1[nH]c1ccc([N+](=O)[O-])cc21. The zero-order valence-electron chi connectivity index (χ0n) is 16.2. The lowest BCUT2D eigenvalue weighted by Crippen LogP contribution is -2.34. The molecule has 146 valence electrons. The topological polar surface area (TPSA) is 80.2 Å². The lowest BCUT2D eigenvalue weighted by atomic mass is 9.91. The van der Waals surface area contributed by atoms with Crippen LogP contribution in [0.3, 0.4) is 0 Å². The molecule has 1 aliphatic carbocycles. The molecule has 1 heterocycles. The Bertz CT molecular complexity index is 1010. The monoisotopic (exact) mass is 379 g/mol. The van der Waals surface area contributed by atoms with Crippen molar-refractivity contribution in [1.29, 1.82) is 0 Å². The summed E-state index contributed by atoms with van der Waals surface area (Å²) in [5.41, 5.74) is 4.70. The zero-order chi connectivity index (χ0) is 19.7.